The lowest BCUT2D eigenvalue weighted by Gasteiger charge is -2.16. The summed E-state index contributed by atoms with van der Waals surface area (Å²) in [6.45, 7) is 3.26. The molecule has 2 aromatic carbocycles. The molecule has 0 aliphatic carbocycles. The van der Waals surface area contributed by atoms with Crippen LogP contribution in [-0.2, 0) is 23.5 Å². The van der Waals surface area contributed by atoms with Crippen molar-refractivity contribution in [2.75, 3.05) is 26.2 Å². The van der Waals surface area contributed by atoms with Gasteiger partial charge in [0.15, 0.2) is 5.58 Å². The first-order valence-corrected chi connectivity index (χ1v) is 11.3. The van der Waals surface area contributed by atoms with Crippen molar-refractivity contribution in [1.29, 1.82) is 0 Å². The number of sulfonamides is 1. The molecule has 1 atom stereocenters. The second kappa shape index (κ2) is 8.14. The van der Waals surface area contributed by atoms with E-state index in [1.54, 1.807) is 13.1 Å². The van der Waals surface area contributed by atoms with E-state index in [0.29, 0.717) is 18.0 Å². The molecule has 29 heavy (non-hydrogen) atoms. The van der Waals surface area contributed by atoms with Crippen molar-refractivity contribution in [2.45, 2.75) is 17.7 Å². The summed E-state index contributed by atoms with van der Waals surface area (Å²) in [4.78, 5) is 14.1. The number of rotatable bonds is 7. The van der Waals surface area contributed by atoms with Gasteiger partial charge in [0, 0.05) is 32.7 Å². The summed E-state index contributed by atoms with van der Waals surface area (Å²) in [6, 6.07) is 14.9. The topological polar surface area (TPSA) is 84.5 Å². The van der Waals surface area contributed by atoms with Crippen LogP contribution in [0.15, 0.2) is 62.6 Å². The highest BCUT2D eigenvalue weighted by atomic mass is 32.2. The number of hydrogen-bond acceptors (Lipinski definition) is 5. The van der Waals surface area contributed by atoms with Gasteiger partial charge in [-0.3, -0.25) is 4.57 Å². The van der Waals surface area contributed by atoms with Crippen LogP contribution in [0.5, 0.6) is 0 Å². The third-order valence-electron chi connectivity index (χ3n) is 5.57. The molecule has 0 radical (unpaired) electrons. The fourth-order valence-corrected chi connectivity index (χ4v) is 4.94. The highest BCUT2D eigenvalue weighted by Gasteiger charge is 2.24. The average Bonchev–Trinajstić information content (AvgIpc) is 3.30. The van der Waals surface area contributed by atoms with Crippen LogP contribution < -0.4 is 10.5 Å². The molecule has 8 heteroatoms. The van der Waals surface area contributed by atoms with Gasteiger partial charge in [-0.25, -0.2) is 17.9 Å². The van der Waals surface area contributed by atoms with Gasteiger partial charge in [-0.15, -0.1) is 0 Å². The Morgan fingerprint density at radius 3 is 2.76 bits per heavy atom. The molecule has 2 heterocycles. The van der Waals surface area contributed by atoms with Crippen molar-refractivity contribution in [3.63, 3.8) is 0 Å². The van der Waals surface area contributed by atoms with Gasteiger partial charge in [0.1, 0.15) is 0 Å². The molecule has 1 saturated heterocycles. The van der Waals surface area contributed by atoms with Crippen molar-refractivity contribution >= 4 is 21.1 Å². The molecule has 1 aliphatic heterocycles. The largest absolute Gasteiger partial charge is 0.419 e. The van der Waals surface area contributed by atoms with Crippen molar-refractivity contribution < 1.29 is 12.8 Å². The number of benzene rings is 2. The minimum absolute atomic E-state index is 0.110. The summed E-state index contributed by atoms with van der Waals surface area (Å²) in [5.74, 6) is -0.219. The predicted octanol–water partition coefficient (Wildman–Crippen LogP) is 1.97. The minimum Gasteiger partial charge on any atom is -0.408 e. The van der Waals surface area contributed by atoms with E-state index in [2.05, 4.69) is 33.9 Å². The van der Waals surface area contributed by atoms with Crippen molar-refractivity contribution in [2.24, 2.45) is 13.0 Å². The van der Waals surface area contributed by atoms with E-state index < -0.39 is 15.8 Å². The zero-order chi connectivity index (χ0) is 20.4. The molecule has 1 fully saturated rings. The number of likely N-dealkylation sites (tertiary alicyclic amines) is 1. The molecule has 0 unspecified atom stereocenters. The average molecular weight is 416 g/mol. The van der Waals surface area contributed by atoms with Gasteiger partial charge < -0.3 is 9.32 Å². The standard InChI is InChI=1S/C21H25N3O4S/c1-23-19-8-7-18(13-20(19)28-21(23)25)29(26,27)22-14-17-10-12-24(15-17)11-9-16-5-3-2-4-6-16/h2-8,13,17,22H,9-12,14-15H2,1H3/t17-/m0/s1. The smallest absolute Gasteiger partial charge is 0.408 e. The molecule has 3 aromatic rings. The Morgan fingerprint density at radius 1 is 1.17 bits per heavy atom. The fraction of sp³-hybridized carbons (Fsp3) is 0.381. The molecule has 0 spiro atoms. The van der Waals surface area contributed by atoms with E-state index in [0.717, 1.165) is 32.5 Å². The number of aromatic nitrogens is 1. The molecule has 0 saturated carbocycles. The number of aryl methyl sites for hydroxylation is 1. The third-order valence-corrected chi connectivity index (χ3v) is 6.99. The van der Waals surface area contributed by atoms with Crippen molar-refractivity contribution in [3.05, 3.63) is 64.6 Å². The molecule has 1 aliphatic rings. The van der Waals surface area contributed by atoms with E-state index in [1.165, 1.54) is 22.3 Å². The maximum atomic E-state index is 12.7. The minimum atomic E-state index is -3.66. The highest BCUT2D eigenvalue weighted by molar-refractivity contribution is 7.89. The Bertz CT molecular complexity index is 1150. The van der Waals surface area contributed by atoms with Crippen molar-refractivity contribution in [1.82, 2.24) is 14.2 Å². The lowest BCUT2D eigenvalue weighted by atomic mass is 10.1. The van der Waals surface area contributed by atoms with E-state index in [4.69, 9.17) is 4.42 Å². The first-order valence-electron chi connectivity index (χ1n) is 9.78. The van der Waals surface area contributed by atoms with Crippen LogP contribution in [0.4, 0.5) is 0 Å². The van der Waals surface area contributed by atoms with Crippen LogP contribution in [0.1, 0.15) is 12.0 Å². The van der Waals surface area contributed by atoms with Crippen LogP contribution in [0.25, 0.3) is 11.1 Å². The van der Waals surface area contributed by atoms with E-state index in [1.807, 2.05) is 6.07 Å². The molecule has 154 valence electrons. The summed E-state index contributed by atoms with van der Waals surface area (Å²) in [5.41, 5.74) is 2.16. The molecule has 7 nitrogen and oxygen atoms in total. The first kappa shape index (κ1) is 19.9. The van der Waals surface area contributed by atoms with Gasteiger partial charge >= 0.3 is 5.76 Å². The Kier molecular flexibility index (Phi) is 5.58. The Labute approximate surface area is 170 Å². The quantitative estimate of drug-likeness (QED) is 0.638. The lowest BCUT2D eigenvalue weighted by Crippen LogP contribution is -2.31. The van der Waals surface area contributed by atoms with Gasteiger partial charge in [0.25, 0.3) is 0 Å². The van der Waals surface area contributed by atoms with E-state index in [-0.39, 0.29) is 10.5 Å². The number of nitrogens with zero attached hydrogens (tertiary/aromatic N) is 2. The zero-order valence-electron chi connectivity index (χ0n) is 16.4. The van der Waals surface area contributed by atoms with Gasteiger partial charge in [0.05, 0.1) is 10.4 Å². The van der Waals surface area contributed by atoms with Crippen LogP contribution in [-0.4, -0.2) is 44.1 Å². The van der Waals surface area contributed by atoms with Gasteiger partial charge in [-0.05, 0) is 43.0 Å². The zero-order valence-corrected chi connectivity index (χ0v) is 17.2. The monoisotopic (exact) mass is 415 g/mol. The summed E-state index contributed by atoms with van der Waals surface area (Å²) >= 11 is 0. The summed E-state index contributed by atoms with van der Waals surface area (Å²) in [5, 5.41) is 0. The van der Waals surface area contributed by atoms with Gasteiger partial charge in [-0.2, -0.15) is 0 Å². The maximum Gasteiger partial charge on any atom is 0.419 e. The summed E-state index contributed by atoms with van der Waals surface area (Å²) in [7, 11) is -2.07. The van der Waals surface area contributed by atoms with Gasteiger partial charge in [-0.1, -0.05) is 30.3 Å². The van der Waals surface area contributed by atoms with Gasteiger partial charge in [0.2, 0.25) is 10.0 Å². The Morgan fingerprint density at radius 2 is 1.97 bits per heavy atom. The third kappa shape index (κ3) is 4.44. The highest BCUT2D eigenvalue weighted by Crippen LogP contribution is 2.20. The summed E-state index contributed by atoms with van der Waals surface area (Å²) in [6.07, 6.45) is 1.98. The predicted molar refractivity (Wildman–Crippen MR) is 111 cm³/mol. The molecule has 1 N–H and O–H groups in total. The lowest BCUT2D eigenvalue weighted by molar-refractivity contribution is 0.328. The number of fused-ring (bicyclic) bond motifs is 1. The molecule has 0 bridgehead atoms. The maximum absolute atomic E-state index is 12.7. The Hall–Kier alpha value is -2.42. The molecule has 4 rings (SSSR count). The van der Waals surface area contributed by atoms with Crippen LogP contribution in [0.2, 0.25) is 0 Å². The van der Waals surface area contributed by atoms with E-state index in [9.17, 15) is 13.2 Å². The van der Waals surface area contributed by atoms with E-state index >= 15 is 0 Å². The molecule has 0 amide bonds. The fourth-order valence-electron chi connectivity index (χ4n) is 3.81. The Balaban J connectivity index is 1.33. The number of hydrogen-bond donors (Lipinski definition) is 1. The number of nitrogens with one attached hydrogen (secondary N) is 1. The summed E-state index contributed by atoms with van der Waals surface area (Å²) < 4.78 is 34.5. The molecular weight excluding hydrogens is 390 g/mol. The second-order valence-corrected chi connectivity index (χ2v) is 9.37. The first-order chi connectivity index (χ1) is 13.9. The normalized spacial score (nSPS) is 17.9. The van der Waals surface area contributed by atoms with Crippen molar-refractivity contribution in [3.8, 4) is 0 Å². The second-order valence-electron chi connectivity index (χ2n) is 7.60. The molecular formula is C21H25N3O4S. The van der Waals surface area contributed by atoms with Crippen LogP contribution in [0.3, 0.4) is 0 Å². The number of oxazole rings is 1. The SMILES string of the molecule is Cn1c(=O)oc2cc(S(=O)(=O)NC[C@@H]3CCN(CCc4ccccc4)C3)ccc21. The van der Waals surface area contributed by atoms with Crippen LogP contribution >= 0.6 is 0 Å². The molecule has 1 aromatic heterocycles. The van der Waals surface area contributed by atoms with Crippen LogP contribution in [0, 0.1) is 5.92 Å².